The smallest absolute Gasteiger partial charge is 0.214 e. The Balaban J connectivity index is 4.39. The molecule has 0 spiro atoms. The minimum absolute atomic E-state index is 0.0413. The topological polar surface area (TPSA) is 63.4 Å². The molecule has 0 heterocycles. The van der Waals surface area contributed by atoms with Crippen LogP contribution in [0.15, 0.2) is 0 Å². The van der Waals surface area contributed by atoms with Crippen LogP contribution in [-0.2, 0) is 10.0 Å². The molecule has 5 heteroatoms. The molecule has 98 valence electrons. The minimum atomic E-state index is -3.11. The fraction of sp³-hybridized carbons (Fsp3) is 1.00. The highest BCUT2D eigenvalue weighted by atomic mass is 32.2. The van der Waals surface area contributed by atoms with Crippen molar-refractivity contribution in [1.82, 2.24) is 4.31 Å². The highest BCUT2D eigenvalue weighted by molar-refractivity contribution is 7.89. The van der Waals surface area contributed by atoms with Gasteiger partial charge in [0.05, 0.1) is 5.75 Å². The third kappa shape index (κ3) is 5.82. The van der Waals surface area contributed by atoms with Crippen molar-refractivity contribution in [3.8, 4) is 0 Å². The van der Waals surface area contributed by atoms with Crippen molar-refractivity contribution >= 4 is 10.0 Å². The van der Waals surface area contributed by atoms with E-state index < -0.39 is 10.0 Å². The lowest BCUT2D eigenvalue weighted by Crippen LogP contribution is -2.39. The summed E-state index contributed by atoms with van der Waals surface area (Å²) in [5, 5.41) is 0. The fourth-order valence-corrected chi connectivity index (χ4v) is 3.43. The average molecular weight is 250 g/mol. The Bertz CT molecular complexity index is 263. The molecule has 0 aromatic heterocycles. The minimum Gasteiger partial charge on any atom is -0.330 e. The van der Waals surface area contributed by atoms with E-state index in [4.69, 9.17) is 5.73 Å². The number of hydrogen-bond acceptors (Lipinski definition) is 3. The Labute approximate surface area is 100 Å². The molecule has 0 saturated carbocycles. The molecular formula is C11H26N2O2S. The van der Waals surface area contributed by atoms with Gasteiger partial charge in [0.15, 0.2) is 0 Å². The standard InChI is InChI=1S/C11H26N2O2S/c1-4-5-6-9-13(11(2)3)16(14,15)10-7-8-12/h11H,4-10,12H2,1-3H3. The molecule has 0 radical (unpaired) electrons. The predicted molar refractivity (Wildman–Crippen MR) is 68.8 cm³/mol. The SMILES string of the molecule is CCCCCN(C(C)C)S(=O)(=O)CCCN. The van der Waals surface area contributed by atoms with Gasteiger partial charge in [-0.05, 0) is 33.2 Å². The zero-order valence-electron chi connectivity index (χ0n) is 10.8. The first kappa shape index (κ1) is 15.9. The molecule has 0 atom stereocenters. The monoisotopic (exact) mass is 250 g/mol. The van der Waals surface area contributed by atoms with Crippen molar-refractivity contribution in [2.45, 2.75) is 52.5 Å². The van der Waals surface area contributed by atoms with Crippen LogP contribution >= 0.6 is 0 Å². The summed E-state index contributed by atoms with van der Waals surface area (Å²) in [5.41, 5.74) is 5.35. The van der Waals surface area contributed by atoms with E-state index in [-0.39, 0.29) is 11.8 Å². The Morgan fingerprint density at radius 2 is 1.81 bits per heavy atom. The Morgan fingerprint density at radius 3 is 2.25 bits per heavy atom. The van der Waals surface area contributed by atoms with Gasteiger partial charge in [0.2, 0.25) is 10.0 Å². The van der Waals surface area contributed by atoms with Crippen LogP contribution in [0.2, 0.25) is 0 Å². The Hall–Kier alpha value is -0.130. The molecule has 2 N–H and O–H groups in total. The lowest BCUT2D eigenvalue weighted by Gasteiger charge is -2.25. The van der Waals surface area contributed by atoms with Crippen LogP contribution in [0.1, 0.15) is 46.5 Å². The summed E-state index contributed by atoms with van der Waals surface area (Å²) in [7, 11) is -3.11. The van der Waals surface area contributed by atoms with Crippen molar-refractivity contribution in [2.75, 3.05) is 18.8 Å². The third-order valence-electron chi connectivity index (χ3n) is 2.52. The molecule has 0 aromatic carbocycles. The van der Waals surface area contributed by atoms with E-state index in [9.17, 15) is 8.42 Å². The van der Waals surface area contributed by atoms with Gasteiger partial charge in [0.1, 0.15) is 0 Å². The third-order valence-corrected chi connectivity index (χ3v) is 4.65. The Morgan fingerprint density at radius 1 is 1.19 bits per heavy atom. The molecule has 0 aliphatic heterocycles. The summed E-state index contributed by atoms with van der Waals surface area (Å²) < 4.78 is 25.6. The van der Waals surface area contributed by atoms with Gasteiger partial charge in [0, 0.05) is 12.6 Å². The van der Waals surface area contributed by atoms with E-state index in [1.54, 1.807) is 4.31 Å². The lowest BCUT2D eigenvalue weighted by molar-refractivity contribution is 0.345. The first-order valence-corrected chi connectivity index (χ1v) is 7.76. The van der Waals surface area contributed by atoms with Gasteiger partial charge in [-0.15, -0.1) is 0 Å². The first-order valence-electron chi connectivity index (χ1n) is 6.15. The predicted octanol–water partition coefficient (Wildman–Crippen LogP) is 1.57. The highest BCUT2D eigenvalue weighted by Crippen LogP contribution is 2.11. The van der Waals surface area contributed by atoms with E-state index in [0.29, 0.717) is 19.5 Å². The Kier molecular flexibility index (Phi) is 7.97. The van der Waals surface area contributed by atoms with Crippen molar-refractivity contribution in [2.24, 2.45) is 5.73 Å². The largest absolute Gasteiger partial charge is 0.330 e. The summed E-state index contributed by atoms with van der Waals surface area (Å²) in [5.74, 6) is 0.174. The van der Waals surface area contributed by atoms with Crippen molar-refractivity contribution in [3.63, 3.8) is 0 Å². The maximum atomic E-state index is 12.0. The summed E-state index contributed by atoms with van der Waals surface area (Å²) in [4.78, 5) is 0. The molecule has 0 aliphatic rings. The lowest BCUT2D eigenvalue weighted by atomic mass is 10.2. The highest BCUT2D eigenvalue weighted by Gasteiger charge is 2.23. The van der Waals surface area contributed by atoms with Crippen LogP contribution in [0.5, 0.6) is 0 Å². The summed E-state index contributed by atoms with van der Waals surface area (Å²) in [6, 6.07) is 0.0413. The number of sulfonamides is 1. The van der Waals surface area contributed by atoms with E-state index in [2.05, 4.69) is 6.92 Å². The second kappa shape index (κ2) is 8.03. The summed E-state index contributed by atoms with van der Waals surface area (Å²) in [6.07, 6.45) is 3.67. The molecule has 0 amide bonds. The van der Waals surface area contributed by atoms with E-state index >= 15 is 0 Å². The van der Waals surface area contributed by atoms with Gasteiger partial charge in [0.25, 0.3) is 0 Å². The van der Waals surface area contributed by atoms with Gasteiger partial charge < -0.3 is 5.73 Å². The number of nitrogens with zero attached hydrogens (tertiary/aromatic N) is 1. The molecule has 0 aromatic rings. The van der Waals surface area contributed by atoms with Crippen LogP contribution < -0.4 is 5.73 Å². The molecule has 0 unspecified atom stereocenters. The zero-order valence-corrected chi connectivity index (χ0v) is 11.6. The van der Waals surface area contributed by atoms with Gasteiger partial charge in [-0.3, -0.25) is 0 Å². The second-order valence-electron chi connectivity index (χ2n) is 4.37. The summed E-state index contributed by atoms with van der Waals surface area (Å²) >= 11 is 0. The van der Waals surface area contributed by atoms with Crippen molar-refractivity contribution in [3.05, 3.63) is 0 Å². The van der Waals surface area contributed by atoms with Gasteiger partial charge in [-0.25, -0.2) is 8.42 Å². The van der Waals surface area contributed by atoms with Crippen LogP contribution in [0, 0.1) is 0 Å². The maximum absolute atomic E-state index is 12.0. The molecule has 0 fully saturated rings. The maximum Gasteiger partial charge on any atom is 0.214 e. The molecule has 0 bridgehead atoms. The molecule has 0 aliphatic carbocycles. The fourth-order valence-electron chi connectivity index (χ4n) is 1.62. The molecular weight excluding hydrogens is 224 g/mol. The van der Waals surface area contributed by atoms with Crippen LogP contribution in [0.4, 0.5) is 0 Å². The van der Waals surface area contributed by atoms with Gasteiger partial charge in [-0.1, -0.05) is 19.8 Å². The van der Waals surface area contributed by atoms with Crippen LogP contribution in [0.25, 0.3) is 0 Å². The normalized spacial score (nSPS) is 12.6. The molecule has 4 nitrogen and oxygen atoms in total. The first-order chi connectivity index (χ1) is 7.45. The number of rotatable bonds is 9. The number of unbranched alkanes of at least 4 members (excludes halogenated alkanes) is 2. The number of nitrogens with two attached hydrogens (primary N) is 1. The van der Waals surface area contributed by atoms with Gasteiger partial charge in [-0.2, -0.15) is 4.31 Å². The second-order valence-corrected chi connectivity index (χ2v) is 6.41. The van der Waals surface area contributed by atoms with Gasteiger partial charge >= 0.3 is 0 Å². The molecule has 0 rings (SSSR count). The van der Waals surface area contributed by atoms with Crippen molar-refractivity contribution < 1.29 is 8.42 Å². The average Bonchev–Trinajstić information content (AvgIpc) is 2.20. The quantitative estimate of drug-likeness (QED) is 0.632. The van der Waals surface area contributed by atoms with E-state index in [1.165, 1.54) is 0 Å². The summed E-state index contributed by atoms with van der Waals surface area (Å²) in [6.45, 7) is 7.03. The zero-order chi connectivity index (χ0) is 12.6. The molecule has 16 heavy (non-hydrogen) atoms. The van der Waals surface area contributed by atoms with Crippen molar-refractivity contribution in [1.29, 1.82) is 0 Å². The van der Waals surface area contributed by atoms with E-state index in [1.807, 2.05) is 13.8 Å². The molecule has 0 saturated heterocycles. The number of hydrogen-bond donors (Lipinski definition) is 1. The van der Waals surface area contributed by atoms with E-state index in [0.717, 1.165) is 19.3 Å². The van der Waals surface area contributed by atoms with Crippen LogP contribution in [-0.4, -0.2) is 37.6 Å². The van der Waals surface area contributed by atoms with Crippen LogP contribution in [0.3, 0.4) is 0 Å².